The molecular weight excluding hydrogens is 255 g/mol. The average molecular weight is 265 g/mol. The van der Waals surface area contributed by atoms with Crippen molar-refractivity contribution in [2.75, 3.05) is 7.11 Å². The van der Waals surface area contributed by atoms with Crippen molar-refractivity contribution in [1.29, 1.82) is 0 Å². The Kier molecular flexibility index (Phi) is 3.78. The predicted octanol–water partition coefficient (Wildman–Crippen LogP) is 1.15. The molecule has 16 heavy (non-hydrogen) atoms. The van der Waals surface area contributed by atoms with Crippen molar-refractivity contribution < 1.29 is 19.4 Å². The number of Topliss-reactive ketones (excluding diaryl/α,β-unsaturated/α-hetero) is 1. The zero-order valence-electron chi connectivity index (χ0n) is 8.66. The summed E-state index contributed by atoms with van der Waals surface area (Å²) in [5.41, 5.74) is -2.25. The minimum absolute atomic E-state index is 0.0338. The number of hydrogen-bond donors (Lipinski definition) is 1. The van der Waals surface area contributed by atoms with E-state index in [1.165, 1.54) is 12.2 Å². The fourth-order valence-corrected chi connectivity index (χ4v) is 2.16. The number of aliphatic hydroxyl groups is 1. The standard InChI is InChI=1S/C10H10Cl2O4/c1-3-4-5-6(11)7(13)8(12)10(5,15)9(14)16-2/h3-4,8,15H,1-2H3/b4-3+. The fourth-order valence-electron chi connectivity index (χ4n) is 1.47. The summed E-state index contributed by atoms with van der Waals surface area (Å²) in [6.45, 7) is 1.65. The quantitative estimate of drug-likeness (QED) is 0.601. The minimum atomic E-state index is -2.21. The second-order valence-corrected chi connectivity index (χ2v) is 4.03. The van der Waals surface area contributed by atoms with Crippen LogP contribution < -0.4 is 0 Å². The number of methoxy groups -OCH3 is 1. The van der Waals surface area contributed by atoms with Gasteiger partial charge >= 0.3 is 5.97 Å². The molecule has 6 heteroatoms. The molecule has 1 aliphatic carbocycles. The lowest BCUT2D eigenvalue weighted by molar-refractivity contribution is -0.158. The van der Waals surface area contributed by atoms with Crippen molar-refractivity contribution in [2.24, 2.45) is 0 Å². The zero-order chi connectivity index (χ0) is 12.5. The maximum Gasteiger partial charge on any atom is 0.344 e. The second-order valence-electron chi connectivity index (χ2n) is 3.21. The van der Waals surface area contributed by atoms with Crippen LogP contribution in [0.15, 0.2) is 22.8 Å². The van der Waals surface area contributed by atoms with Crippen molar-refractivity contribution in [3.05, 3.63) is 22.8 Å². The molecule has 0 aromatic rings. The van der Waals surface area contributed by atoms with Gasteiger partial charge in [-0.15, -0.1) is 11.6 Å². The van der Waals surface area contributed by atoms with Gasteiger partial charge in [0.15, 0.2) is 5.78 Å². The van der Waals surface area contributed by atoms with E-state index in [0.29, 0.717) is 0 Å². The Labute approximate surface area is 102 Å². The van der Waals surface area contributed by atoms with Gasteiger partial charge in [-0.2, -0.15) is 0 Å². The lowest BCUT2D eigenvalue weighted by Gasteiger charge is -2.23. The van der Waals surface area contributed by atoms with Crippen LogP contribution in [0.2, 0.25) is 0 Å². The van der Waals surface area contributed by atoms with Gasteiger partial charge in [-0.1, -0.05) is 23.8 Å². The topological polar surface area (TPSA) is 63.6 Å². The molecule has 0 aliphatic heterocycles. The van der Waals surface area contributed by atoms with Gasteiger partial charge in [0.1, 0.15) is 5.38 Å². The molecule has 0 fully saturated rings. The predicted molar refractivity (Wildman–Crippen MR) is 59.3 cm³/mol. The van der Waals surface area contributed by atoms with Crippen LogP contribution in [0.1, 0.15) is 6.92 Å². The third-order valence-electron chi connectivity index (χ3n) is 2.29. The highest BCUT2D eigenvalue weighted by Gasteiger charge is 2.57. The summed E-state index contributed by atoms with van der Waals surface area (Å²) in [6.07, 6.45) is 2.90. The lowest BCUT2D eigenvalue weighted by Crippen LogP contribution is -2.48. The maximum atomic E-state index is 11.5. The van der Waals surface area contributed by atoms with Crippen LogP contribution in [-0.4, -0.2) is 34.9 Å². The first-order valence-electron chi connectivity index (χ1n) is 4.43. The number of esters is 1. The summed E-state index contributed by atoms with van der Waals surface area (Å²) in [5.74, 6) is -1.70. The molecule has 0 spiro atoms. The van der Waals surface area contributed by atoms with Gasteiger partial charge in [-0.25, -0.2) is 4.79 Å². The molecule has 4 nitrogen and oxygen atoms in total. The van der Waals surface area contributed by atoms with E-state index >= 15 is 0 Å². The number of ether oxygens (including phenoxy) is 1. The highest BCUT2D eigenvalue weighted by atomic mass is 35.5. The van der Waals surface area contributed by atoms with Crippen molar-refractivity contribution in [1.82, 2.24) is 0 Å². The van der Waals surface area contributed by atoms with E-state index < -0.39 is 22.7 Å². The molecule has 0 aromatic heterocycles. The summed E-state index contributed by atoms with van der Waals surface area (Å²) in [4.78, 5) is 23.0. The molecule has 0 aromatic carbocycles. The molecule has 0 heterocycles. The first-order chi connectivity index (χ1) is 7.41. The van der Waals surface area contributed by atoms with E-state index in [9.17, 15) is 14.7 Å². The van der Waals surface area contributed by atoms with Gasteiger partial charge in [0, 0.05) is 5.57 Å². The number of carbonyl (C=O) groups is 2. The Morgan fingerprint density at radius 1 is 1.62 bits per heavy atom. The van der Waals surface area contributed by atoms with E-state index in [-0.39, 0.29) is 10.6 Å². The number of carbonyl (C=O) groups excluding carboxylic acids is 2. The number of allylic oxidation sites excluding steroid dienone is 2. The number of hydrogen-bond acceptors (Lipinski definition) is 4. The Morgan fingerprint density at radius 2 is 2.19 bits per heavy atom. The van der Waals surface area contributed by atoms with Gasteiger partial charge in [0.25, 0.3) is 0 Å². The largest absolute Gasteiger partial charge is 0.467 e. The number of rotatable bonds is 2. The van der Waals surface area contributed by atoms with Gasteiger partial charge in [0.2, 0.25) is 5.60 Å². The Morgan fingerprint density at radius 3 is 2.62 bits per heavy atom. The van der Waals surface area contributed by atoms with Crippen LogP contribution in [0.3, 0.4) is 0 Å². The van der Waals surface area contributed by atoms with E-state index in [2.05, 4.69) is 4.74 Å². The van der Waals surface area contributed by atoms with Crippen LogP contribution in [-0.2, 0) is 14.3 Å². The monoisotopic (exact) mass is 264 g/mol. The molecule has 1 aliphatic rings. The van der Waals surface area contributed by atoms with Gasteiger partial charge in [-0.3, -0.25) is 4.79 Å². The Hall–Kier alpha value is -0.840. The molecule has 0 bridgehead atoms. The number of halogens is 2. The molecule has 2 unspecified atom stereocenters. The van der Waals surface area contributed by atoms with Gasteiger partial charge < -0.3 is 9.84 Å². The lowest BCUT2D eigenvalue weighted by atomic mass is 9.95. The summed E-state index contributed by atoms with van der Waals surface area (Å²) in [5, 5.41) is 8.44. The molecule has 1 rings (SSSR count). The van der Waals surface area contributed by atoms with Gasteiger partial charge in [-0.05, 0) is 6.92 Å². The molecule has 88 valence electrons. The fraction of sp³-hybridized carbons (Fsp3) is 0.400. The maximum absolute atomic E-state index is 11.5. The molecule has 2 atom stereocenters. The molecule has 0 radical (unpaired) electrons. The van der Waals surface area contributed by atoms with E-state index in [1.54, 1.807) is 6.92 Å². The van der Waals surface area contributed by atoms with Gasteiger partial charge in [0.05, 0.1) is 12.1 Å². The van der Waals surface area contributed by atoms with Crippen LogP contribution in [0.25, 0.3) is 0 Å². The third-order valence-corrected chi connectivity index (χ3v) is 3.19. The molecular formula is C10H10Cl2O4. The van der Waals surface area contributed by atoms with Crippen LogP contribution in [0.4, 0.5) is 0 Å². The first kappa shape index (κ1) is 13.2. The Balaban J connectivity index is 3.37. The highest BCUT2D eigenvalue weighted by molar-refractivity contribution is 6.52. The van der Waals surface area contributed by atoms with E-state index in [0.717, 1.165) is 7.11 Å². The first-order valence-corrected chi connectivity index (χ1v) is 5.24. The summed E-state index contributed by atoms with van der Waals surface area (Å²) >= 11 is 11.4. The second kappa shape index (κ2) is 4.57. The molecule has 0 saturated heterocycles. The minimum Gasteiger partial charge on any atom is -0.467 e. The highest BCUT2D eigenvalue weighted by Crippen LogP contribution is 2.40. The van der Waals surface area contributed by atoms with Crippen molar-refractivity contribution >= 4 is 35.0 Å². The normalized spacial score (nSPS) is 30.3. The third kappa shape index (κ3) is 1.67. The number of alkyl halides is 1. The van der Waals surface area contributed by atoms with Crippen molar-refractivity contribution in [3.8, 4) is 0 Å². The Bertz CT molecular complexity index is 400. The van der Waals surface area contributed by atoms with E-state index in [1.807, 2.05) is 0 Å². The summed E-state index contributed by atoms with van der Waals surface area (Å²) in [6, 6.07) is 0. The average Bonchev–Trinajstić information content (AvgIpc) is 2.44. The SMILES string of the molecule is C/C=C/C1=C(Cl)C(=O)C(Cl)C1(O)C(=O)OC. The smallest absolute Gasteiger partial charge is 0.344 e. The molecule has 0 saturated carbocycles. The van der Waals surface area contributed by atoms with Crippen molar-refractivity contribution in [2.45, 2.75) is 17.9 Å². The van der Waals surface area contributed by atoms with Crippen LogP contribution >= 0.6 is 23.2 Å². The van der Waals surface area contributed by atoms with Crippen LogP contribution in [0.5, 0.6) is 0 Å². The van der Waals surface area contributed by atoms with Crippen molar-refractivity contribution in [3.63, 3.8) is 0 Å². The zero-order valence-corrected chi connectivity index (χ0v) is 10.2. The summed E-state index contributed by atoms with van der Waals surface area (Å²) in [7, 11) is 1.09. The van der Waals surface area contributed by atoms with Crippen LogP contribution in [0, 0.1) is 0 Å². The molecule has 0 amide bonds. The van der Waals surface area contributed by atoms with E-state index in [4.69, 9.17) is 23.2 Å². The summed E-state index contributed by atoms with van der Waals surface area (Å²) < 4.78 is 4.43. The molecule has 1 N–H and O–H groups in total. The number of ketones is 1.